The number of carbonyl (C=O) groups excluding carboxylic acids is 1. The summed E-state index contributed by atoms with van der Waals surface area (Å²) >= 11 is 0.609. The third kappa shape index (κ3) is 11.7. The molecule has 2 unspecified atom stereocenters. The first-order valence-corrected chi connectivity index (χ1v) is 24.8. The Morgan fingerprint density at radius 3 is 2.19 bits per heavy atom. The summed E-state index contributed by atoms with van der Waals surface area (Å²) in [4.78, 5) is 61.7. The van der Waals surface area contributed by atoms with Crippen LogP contribution in [0.15, 0.2) is 58.8 Å². The lowest BCUT2D eigenvalue weighted by Crippen LogP contribution is -2.38. The summed E-state index contributed by atoms with van der Waals surface area (Å²) in [6.45, 7) is -6.15. The summed E-state index contributed by atoms with van der Waals surface area (Å²) in [5, 5.41) is 8.88. The third-order valence-corrected chi connectivity index (χ3v) is 15.1. The monoisotopic (exact) mass is 945 g/mol. The van der Waals surface area contributed by atoms with Crippen LogP contribution in [0.5, 0.6) is 5.75 Å². The number of hydrogen-bond acceptors (Lipinski definition) is 18. The zero-order chi connectivity index (χ0) is 44.7. The average Bonchev–Trinajstić information content (AvgIpc) is 3.91. The molecule has 21 nitrogen and oxygen atoms in total. The summed E-state index contributed by atoms with van der Waals surface area (Å²) in [6.07, 6.45) is -3.84. The van der Waals surface area contributed by atoms with E-state index in [1.807, 2.05) is 4.98 Å². The van der Waals surface area contributed by atoms with Crippen LogP contribution >= 0.6 is 26.0 Å². The second-order valence-corrected chi connectivity index (χ2v) is 20.4. The van der Waals surface area contributed by atoms with Crippen molar-refractivity contribution in [3.63, 3.8) is 0 Å². The van der Waals surface area contributed by atoms with Crippen molar-refractivity contribution in [2.24, 2.45) is 0 Å². The molecule has 10 atom stereocenters. The van der Waals surface area contributed by atoms with Crippen LogP contribution in [0.2, 0.25) is 0 Å². The molecule has 3 fully saturated rings. The lowest BCUT2D eigenvalue weighted by Gasteiger charge is -2.29. The van der Waals surface area contributed by atoms with Gasteiger partial charge in [0.05, 0.1) is 19.5 Å². The Labute approximate surface area is 361 Å². The molecule has 0 spiro atoms. The molecule has 0 amide bonds. The standard InChI is InChI=1S/C37H47F2N7O14P2S/c38-28-31-25(58-36(28)46-21-43-30-33(40)41-20-42-34(30)46)18-55-62(53,63-19-22-10-12-23(13-11-22)56-27(49)9-7-5-3-1-2-4-6-8-16-47)60-32-24(17-54-61(51,52)59-31)57-35(29(32)39)45-15-14-26(48)44-37(45)50/h10-15,20-21,24-25,28-29,31-32,35-36,47H,1-9,16-19H2,(H,51,52)(H2,40,41,42)(H,44,48,50)/t24-,25-,28-,29-,31-,32-,35-,36-,62?/m1/s1. The number of rotatable bonds is 16. The minimum Gasteiger partial charge on any atom is -0.427 e. The largest absolute Gasteiger partial charge is 0.472 e. The summed E-state index contributed by atoms with van der Waals surface area (Å²) < 4.78 is 102. The molecule has 3 aliphatic rings. The van der Waals surface area contributed by atoms with E-state index < -0.39 is 94.3 Å². The highest BCUT2D eigenvalue weighted by atomic mass is 32.7. The summed E-state index contributed by atoms with van der Waals surface area (Å²) in [6, 6.07) is 7.23. The van der Waals surface area contributed by atoms with E-state index in [1.165, 1.54) is 6.33 Å². The number of esters is 1. The molecule has 0 radical (unpaired) electrons. The third-order valence-electron chi connectivity index (χ3n) is 10.5. The Kier molecular flexibility index (Phi) is 15.6. The number of carbonyl (C=O) groups is 1. The molecule has 3 saturated heterocycles. The van der Waals surface area contributed by atoms with Gasteiger partial charge in [-0.15, -0.1) is 0 Å². The van der Waals surface area contributed by atoms with Gasteiger partial charge in [-0.1, -0.05) is 50.7 Å². The predicted molar refractivity (Wildman–Crippen MR) is 220 cm³/mol. The number of H-pyrrole nitrogens is 1. The average molecular weight is 946 g/mol. The smallest absolute Gasteiger partial charge is 0.427 e. The SMILES string of the molecule is Nc1ncnc2c1ncn2[C@@H]1O[C@@H]2COP(=O)(SCc3ccc(OC(=O)CCCCCCCCCCO)cc3)O[C@H]3[C@@H](F)[C@H](n4ccc(=O)[nH]c4=O)O[C@@H]3COP(=O)(O)O[C@H]2[C@H]1F. The highest BCUT2D eigenvalue weighted by Gasteiger charge is 2.55. The van der Waals surface area contributed by atoms with Gasteiger partial charge in [-0.3, -0.25) is 41.8 Å². The molecule has 0 saturated carbocycles. The number of anilines is 1. The molecular formula is C37H47F2N7O14P2S. The molecule has 6 heterocycles. The number of halogens is 2. The molecular weight excluding hydrogens is 898 g/mol. The van der Waals surface area contributed by atoms with Crippen LogP contribution in [0.1, 0.15) is 75.8 Å². The minimum atomic E-state index is -5.23. The van der Waals surface area contributed by atoms with Crippen molar-refractivity contribution in [3.8, 4) is 5.75 Å². The Hall–Kier alpha value is -3.93. The summed E-state index contributed by atoms with van der Waals surface area (Å²) in [5.74, 6) is -0.222. The van der Waals surface area contributed by atoms with Crippen LogP contribution in [-0.4, -0.2) is 102 Å². The highest BCUT2D eigenvalue weighted by Crippen LogP contribution is 2.65. The first kappa shape index (κ1) is 47.0. The van der Waals surface area contributed by atoms with Crippen molar-refractivity contribution in [2.45, 2.75) is 113 Å². The van der Waals surface area contributed by atoms with E-state index >= 15 is 8.78 Å². The maximum absolute atomic E-state index is 16.4. The van der Waals surface area contributed by atoms with Crippen LogP contribution in [0.25, 0.3) is 11.2 Å². The fourth-order valence-electron chi connectivity index (χ4n) is 7.24. The lowest BCUT2D eigenvalue weighted by molar-refractivity contribution is -0.134. The van der Waals surface area contributed by atoms with Crippen LogP contribution in [-0.2, 0) is 47.2 Å². The molecule has 344 valence electrons. The van der Waals surface area contributed by atoms with Gasteiger partial charge in [0.15, 0.2) is 36.3 Å². The van der Waals surface area contributed by atoms with Gasteiger partial charge < -0.3 is 29.9 Å². The number of nitrogen functional groups attached to an aromatic ring is 1. The van der Waals surface area contributed by atoms with Crippen LogP contribution in [0.4, 0.5) is 14.6 Å². The number of aliphatic hydroxyl groups excluding tert-OH is 1. The first-order valence-electron chi connectivity index (χ1n) is 20.2. The Morgan fingerprint density at radius 1 is 0.873 bits per heavy atom. The Morgan fingerprint density at radius 2 is 1.51 bits per heavy atom. The zero-order valence-corrected chi connectivity index (χ0v) is 36.2. The van der Waals surface area contributed by atoms with Gasteiger partial charge in [0.1, 0.15) is 42.0 Å². The molecule has 4 aromatic rings. The summed E-state index contributed by atoms with van der Waals surface area (Å²) in [5.41, 5.74) is 4.78. The van der Waals surface area contributed by atoms with E-state index in [4.69, 9.17) is 43.1 Å². The maximum Gasteiger partial charge on any atom is 0.472 e. The van der Waals surface area contributed by atoms with E-state index in [2.05, 4.69) is 15.0 Å². The number of nitrogens with two attached hydrogens (primary N) is 1. The number of alkyl halides is 2. The van der Waals surface area contributed by atoms with E-state index in [0.29, 0.717) is 27.9 Å². The molecule has 3 aromatic heterocycles. The molecule has 3 aliphatic heterocycles. The molecule has 5 N–H and O–H groups in total. The van der Waals surface area contributed by atoms with Crippen molar-refractivity contribution in [3.05, 3.63) is 75.6 Å². The van der Waals surface area contributed by atoms with Gasteiger partial charge in [-0.2, -0.15) is 0 Å². The second kappa shape index (κ2) is 20.9. The number of hydrogen-bond donors (Lipinski definition) is 4. The number of imidazole rings is 1. The molecule has 0 bridgehead atoms. The second-order valence-electron chi connectivity index (χ2n) is 15.0. The zero-order valence-electron chi connectivity index (χ0n) is 33.6. The minimum absolute atomic E-state index is 0.0111. The number of nitrogens with one attached hydrogen (secondary N) is 1. The van der Waals surface area contributed by atoms with Crippen molar-refractivity contribution < 1.29 is 65.0 Å². The van der Waals surface area contributed by atoms with Crippen LogP contribution in [0.3, 0.4) is 0 Å². The number of aliphatic hydroxyl groups is 1. The van der Waals surface area contributed by atoms with E-state index in [0.717, 1.165) is 68.1 Å². The van der Waals surface area contributed by atoms with Gasteiger partial charge in [0.2, 0.25) is 0 Å². The number of aromatic nitrogens is 6. The molecule has 7 rings (SSSR count). The lowest BCUT2D eigenvalue weighted by atomic mass is 10.1. The molecule has 1 aromatic carbocycles. The molecule has 26 heteroatoms. The number of phosphoric acid groups is 1. The van der Waals surface area contributed by atoms with Crippen molar-refractivity contribution >= 4 is 49.0 Å². The van der Waals surface area contributed by atoms with Gasteiger partial charge in [-0.05, 0) is 41.9 Å². The number of fused-ring (bicyclic) bond motifs is 3. The van der Waals surface area contributed by atoms with Crippen molar-refractivity contribution in [1.29, 1.82) is 0 Å². The number of nitrogens with zero attached hydrogens (tertiary/aromatic N) is 5. The van der Waals surface area contributed by atoms with E-state index in [9.17, 15) is 28.4 Å². The number of unbranched alkanes of at least 4 members (excludes halogenated alkanes) is 7. The van der Waals surface area contributed by atoms with E-state index in [1.54, 1.807) is 24.3 Å². The van der Waals surface area contributed by atoms with Gasteiger partial charge >= 0.3 is 26.3 Å². The topological polar surface area (TPSA) is 281 Å². The molecule has 63 heavy (non-hydrogen) atoms. The fraction of sp³-hybridized carbons (Fsp3) is 0.568. The normalized spacial score (nSPS) is 30.0. The van der Waals surface area contributed by atoms with E-state index in [-0.39, 0.29) is 41.5 Å². The fourth-order valence-corrected chi connectivity index (χ4v) is 11.6. The maximum atomic E-state index is 16.4. The first-order chi connectivity index (χ1) is 30.2. The summed E-state index contributed by atoms with van der Waals surface area (Å²) in [7, 11) is -5.23. The number of ether oxygens (including phenoxy) is 3. The van der Waals surface area contributed by atoms with Gasteiger partial charge in [0, 0.05) is 31.0 Å². The number of benzene rings is 1. The number of phosphoric ester groups is 1. The highest BCUT2D eigenvalue weighted by molar-refractivity contribution is 8.54. The predicted octanol–water partition coefficient (Wildman–Crippen LogP) is 4.80. The van der Waals surface area contributed by atoms with Crippen LogP contribution < -0.4 is 21.7 Å². The van der Waals surface area contributed by atoms with Gasteiger partial charge in [-0.25, -0.2) is 37.7 Å². The Bertz CT molecular complexity index is 2410. The van der Waals surface area contributed by atoms with Crippen molar-refractivity contribution in [1.82, 2.24) is 29.1 Å². The molecule has 0 aliphatic carbocycles. The number of aromatic amines is 1. The van der Waals surface area contributed by atoms with Crippen LogP contribution in [0, 0.1) is 0 Å². The Balaban J connectivity index is 1.07. The quantitative estimate of drug-likeness (QED) is 0.0508. The van der Waals surface area contributed by atoms with Crippen molar-refractivity contribution in [2.75, 3.05) is 25.6 Å². The van der Waals surface area contributed by atoms with Gasteiger partial charge in [0.25, 0.3) is 5.56 Å².